The van der Waals surface area contributed by atoms with E-state index in [0.29, 0.717) is 30.6 Å². The van der Waals surface area contributed by atoms with E-state index in [0.717, 1.165) is 48.1 Å². The average molecular weight is 544 g/mol. The number of ether oxygens (including phenoxy) is 4. The SMILES string of the molecule is COc1ccc2nccc(N3CC[C@@H]4CN(C(=O)[C@@H]5CN(C6=COC=C(C7=CC=CCC7)O6)C(=O)O5)C[C@@H]43)c2n1. The third-order valence-corrected chi connectivity index (χ3v) is 8.16. The van der Waals surface area contributed by atoms with Crippen LogP contribution in [-0.4, -0.2) is 77.2 Å². The molecular weight excluding hydrogens is 514 g/mol. The summed E-state index contributed by atoms with van der Waals surface area (Å²) in [5.41, 5.74) is 3.54. The predicted molar refractivity (Wildman–Crippen MR) is 144 cm³/mol. The lowest BCUT2D eigenvalue weighted by molar-refractivity contribution is -0.137. The van der Waals surface area contributed by atoms with Crippen LogP contribution in [0.4, 0.5) is 10.5 Å². The van der Waals surface area contributed by atoms with Gasteiger partial charge >= 0.3 is 6.09 Å². The van der Waals surface area contributed by atoms with Crippen molar-refractivity contribution in [2.75, 3.05) is 38.2 Å². The van der Waals surface area contributed by atoms with Crippen molar-refractivity contribution < 1.29 is 28.5 Å². The van der Waals surface area contributed by atoms with Gasteiger partial charge in [0.25, 0.3) is 5.91 Å². The molecule has 6 heterocycles. The monoisotopic (exact) mass is 543 g/mol. The Bertz CT molecular complexity index is 1500. The van der Waals surface area contributed by atoms with Gasteiger partial charge in [0.1, 0.15) is 11.8 Å². The highest BCUT2D eigenvalue weighted by Crippen LogP contribution is 2.38. The number of nitrogens with zero attached hydrogens (tertiary/aromatic N) is 5. The summed E-state index contributed by atoms with van der Waals surface area (Å²) in [5.74, 6) is 1.41. The number of carbonyl (C=O) groups is 2. The van der Waals surface area contributed by atoms with E-state index in [-0.39, 0.29) is 24.4 Å². The number of amides is 2. The van der Waals surface area contributed by atoms with Crippen LogP contribution < -0.4 is 9.64 Å². The minimum absolute atomic E-state index is 0.0628. The van der Waals surface area contributed by atoms with E-state index in [1.54, 1.807) is 19.4 Å². The number of pyridine rings is 2. The van der Waals surface area contributed by atoms with Crippen molar-refractivity contribution in [2.24, 2.45) is 5.92 Å². The van der Waals surface area contributed by atoms with E-state index in [1.807, 2.05) is 29.2 Å². The van der Waals surface area contributed by atoms with Crippen molar-refractivity contribution >= 4 is 28.7 Å². The molecule has 3 fully saturated rings. The van der Waals surface area contributed by atoms with Crippen LogP contribution in [0.5, 0.6) is 5.88 Å². The third-order valence-electron chi connectivity index (χ3n) is 8.16. The molecule has 0 bridgehead atoms. The lowest BCUT2D eigenvalue weighted by Gasteiger charge is -2.28. The van der Waals surface area contributed by atoms with Gasteiger partial charge in [-0.05, 0) is 37.0 Å². The normalized spacial score (nSPS) is 25.6. The van der Waals surface area contributed by atoms with Crippen LogP contribution in [0.3, 0.4) is 0 Å². The Kier molecular flexibility index (Phi) is 6.06. The van der Waals surface area contributed by atoms with Crippen molar-refractivity contribution in [3.05, 3.63) is 72.4 Å². The zero-order chi connectivity index (χ0) is 27.2. The Morgan fingerprint density at radius 3 is 2.92 bits per heavy atom. The minimum atomic E-state index is -0.914. The first-order valence-corrected chi connectivity index (χ1v) is 13.5. The van der Waals surface area contributed by atoms with Crippen molar-refractivity contribution in [1.82, 2.24) is 19.8 Å². The van der Waals surface area contributed by atoms with E-state index in [9.17, 15) is 9.59 Å². The van der Waals surface area contributed by atoms with Gasteiger partial charge < -0.3 is 28.7 Å². The summed E-state index contributed by atoms with van der Waals surface area (Å²) >= 11 is 0. The van der Waals surface area contributed by atoms with E-state index in [4.69, 9.17) is 18.9 Å². The van der Waals surface area contributed by atoms with Crippen molar-refractivity contribution in [3.63, 3.8) is 0 Å². The first kappa shape index (κ1) is 24.5. The summed E-state index contributed by atoms with van der Waals surface area (Å²) in [6.07, 6.45) is 11.8. The largest absolute Gasteiger partial charge is 0.481 e. The quantitative estimate of drug-likeness (QED) is 0.560. The highest BCUT2D eigenvalue weighted by Gasteiger charge is 2.48. The van der Waals surface area contributed by atoms with Crippen LogP contribution in [0, 0.1) is 5.92 Å². The fourth-order valence-electron chi connectivity index (χ4n) is 6.14. The molecule has 40 heavy (non-hydrogen) atoms. The van der Waals surface area contributed by atoms with Gasteiger partial charge in [-0.1, -0.05) is 18.2 Å². The van der Waals surface area contributed by atoms with Gasteiger partial charge in [-0.2, -0.15) is 0 Å². The Labute approximate surface area is 230 Å². The summed E-state index contributed by atoms with van der Waals surface area (Å²) in [4.78, 5) is 40.9. The third kappa shape index (κ3) is 4.21. The molecule has 0 spiro atoms. The average Bonchev–Trinajstić information content (AvgIpc) is 3.71. The molecule has 0 aromatic carbocycles. The van der Waals surface area contributed by atoms with E-state index in [1.165, 1.54) is 17.4 Å². The molecule has 0 saturated carbocycles. The predicted octanol–water partition coefficient (Wildman–Crippen LogP) is 3.46. The smallest absolute Gasteiger partial charge is 0.417 e. The fourth-order valence-corrected chi connectivity index (χ4v) is 6.14. The zero-order valence-electron chi connectivity index (χ0n) is 22.1. The maximum atomic E-state index is 13.5. The number of allylic oxidation sites excluding steroid dienone is 4. The minimum Gasteiger partial charge on any atom is -0.481 e. The summed E-state index contributed by atoms with van der Waals surface area (Å²) in [6.45, 7) is 2.09. The number of hydrogen-bond acceptors (Lipinski definition) is 9. The molecule has 2 aromatic heterocycles. The molecule has 2 amide bonds. The molecule has 2 aromatic rings. The maximum Gasteiger partial charge on any atom is 0.417 e. The molecule has 7 rings (SSSR count). The Hall–Kier alpha value is -4.54. The molecule has 4 aliphatic heterocycles. The summed E-state index contributed by atoms with van der Waals surface area (Å²) in [7, 11) is 1.60. The molecule has 206 valence electrons. The Morgan fingerprint density at radius 1 is 1.15 bits per heavy atom. The summed E-state index contributed by atoms with van der Waals surface area (Å²) in [5, 5.41) is 0. The standard InChI is InChI=1S/C29H29N5O6/c1-37-25-8-7-20-27(31-25)21(9-11-30-20)33-12-10-19-13-32(14-22(19)33)28(35)23-15-34(29(36)40-23)26-17-38-16-24(39-26)18-5-3-2-4-6-18/h2-3,5,7-9,11,16-17,19,22-23H,4,6,10,12-15H2,1H3/t19-,22+,23+/m1/s1. The molecule has 5 aliphatic rings. The highest BCUT2D eigenvalue weighted by molar-refractivity contribution is 5.89. The Morgan fingerprint density at radius 2 is 2.08 bits per heavy atom. The van der Waals surface area contributed by atoms with Gasteiger partial charge in [0.05, 0.1) is 30.9 Å². The molecule has 3 saturated heterocycles. The Balaban J connectivity index is 1.03. The molecule has 0 radical (unpaired) electrons. The van der Waals surface area contributed by atoms with Crippen molar-refractivity contribution in [1.29, 1.82) is 0 Å². The lowest BCUT2D eigenvalue weighted by atomic mass is 10.0. The first-order chi connectivity index (χ1) is 19.6. The lowest BCUT2D eigenvalue weighted by Crippen LogP contribution is -2.42. The molecule has 1 aliphatic carbocycles. The van der Waals surface area contributed by atoms with E-state index < -0.39 is 12.2 Å². The second-order valence-electron chi connectivity index (χ2n) is 10.4. The zero-order valence-corrected chi connectivity index (χ0v) is 22.1. The van der Waals surface area contributed by atoms with Crippen molar-refractivity contribution in [3.8, 4) is 5.88 Å². The van der Waals surface area contributed by atoms with Crippen LogP contribution in [0.15, 0.2) is 72.4 Å². The first-order valence-electron chi connectivity index (χ1n) is 13.5. The van der Waals surface area contributed by atoms with Crippen molar-refractivity contribution in [2.45, 2.75) is 31.4 Å². The van der Waals surface area contributed by atoms with Crippen LogP contribution in [0.2, 0.25) is 0 Å². The number of likely N-dealkylation sites (tertiary alicyclic amines) is 1. The number of hydrogen-bond donors (Lipinski definition) is 0. The molecular formula is C29H29N5O6. The number of fused-ring (bicyclic) bond motifs is 2. The summed E-state index contributed by atoms with van der Waals surface area (Å²) in [6, 6.07) is 5.82. The molecule has 11 nitrogen and oxygen atoms in total. The number of carbonyl (C=O) groups excluding carboxylic acids is 2. The van der Waals surface area contributed by atoms with Gasteiger partial charge in [-0.25, -0.2) is 14.7 Å². The van der Waals surface area contributed by atoms with Gasteiger partial charge in [-0.15, -0.1) is 0 Å². The molecule has 0 unspecified atom stereocenters. The van der Waals surface area contributed by atoms with Crippen LogP contribution in [0.25, 0.3) is 11.0 Å². The second kappa shape index (κ2) is 9.89. The van der Waals surface area contributed by atoms with Crippen LogP contribution in [0.1, 0.15) is 19.3 Å². The highest BCUT2D eigenvalue weighted by atomic mass is 16.6. The van der Waals surface area contributed by atoms with Gasteiger partial charge in [0.15, 0.2) is 18.1 Å². The van der Waals surface area contributed by atoms with E-state index in [2.05, 4.69) is 20.9 Å². The number of anilines is 1. The van der Waals surface area contributed by atoms with E-state index >= 15 is 0 Å². The topological polar surface area (TPSA) is 107 Å². The summed E-state index contributed by atoms with van der Waals surface area (Å²) < 4.78 is 22.3. The second-order valence-corrected chi connectivity index (χ2v) is 10.4. The number of cyclic esters (lactones) is 1. The molecule has 11 heteroatoms. The van der Waals surface area contributed by atoms with Gasteiger partial charge in [0, 0.05) is 37.8 Å². The van der Waals surface area contributed by atoms with Crippen LogP contribution >= 0.6 is 0 Å². The van der Waals surface area contributed by atoms with Gasteiger partial charge in [-0.3, -0.25) is 9.78 Å². The van der Waals surface area contributed by atoms with Crippen LogP contribution in [-0.2, 0) is 19.0 Å². The fraction of sp³-hybridized carbons (Fsp3) is 0.379. The number of aromatic nitrogens is 2. The molecule has 0 N–H and O–H groups in total. The maximum absolute atomic E-state index is 13.5. The number of rotatable bonds is 5. The van der Waals surface area contributed by atoms with Gasteiger partial charge in [0.2, 0.25) is 11.8 Å². The molecule has 3 atom stereocenters. The number of methoxy groups -OCH3 is 1.